The molecule has 0 unspecified atom stereocenters. The van der Waals surface area contributed by atoms with Gasteiger partial charge in [0.15, 0.2) is 0 Å². The summed E-state index contributed by atoms with van der Waals surface area (Å²) in [5.74, 6) is 0. The lowest BCUT2D eigenvalue weighted by molar-refractivity contribution is 0.795. The summed E-state index contributed by atoms with van der Waals surface area (Å²) in [7, 11) is 0. The van der Waals surface area contributed by atoms with Gasteiger partial charge in [-0.2, -0.15) is 0 Å². The SMILES string of the molecule is CCCCc1ccc(-c2ccc(-c3ccc(-c4cccs4)s3)cc2)cc1. The molecule has 0 atom stereocenters. The molecule has 0 saturated carbocycles. The van der Waals surface area contributed by atoms with Gasteiger partial charge in [0, 0.05) is 14.6 Å². The van der Waals surface area contributed by atoms with E-state index >= 15 is 0 Å². The molecule has 2 aromatic heterocycles. The van der Waals surface area contributed by atoms with E-state index in [2.05, 4.69) is 85.1 Å². The number of hydrogen-bond acceptors (Lipinski definition) is 2. The van der Waals surface area contributed by atoms with Crippen LogP contribution in [0.5, 0.6) is 0 Å². The molecule has 2 heteroatoms. The highest BCUT2D eigenvalue weighted by Crippen LogP contribution is 2.37. The van der Waals surface area contributed by atoms with E-state index in [0.29, 0.717) is 0 Å². The van der Waals surface area contributed by atoms with Crippen molar-refractivity contribution in [1.82, 2.24) is 0 Å². The average molecular weight is 375 g/mol. The van der Waals surface area contributed by atoms with Gasteiger partial charge in [-0.15, -0.1) is 22.7 Å². The number of thiophene rings is 2. The maximum absolute atomic E-state index is 2.27. The van der Waals surface area contributed by atoms with Crippen LogP contribution in [0, 0.1) is 0 Å². The molecule has 4 rings (SSSR count). The van der Waals surface area contributed by atoms with Crippen molar-refractivity contribution < 1.29 is 0 Å². The Morgan fingerprint density at radius 3 is 1.96 bits per heavy atom. The number of hydrogen-bond donors (Lipinski definition) is 0. The summed E-state index contributed by atoms with van der Waals surface area (Å²) in [5, 5.41) is 2.14. The first kappa shape index (κ1) is 17.3. The molecule has 0 aliphatic carbocycles. The van der Waals surface area contributed by atoms with Crippen LogP contribution in [-0.4, -0.2) is 0 Å². The molecule has 4 aromatic rings. The molecule has 0 N–H and O–H groups in total. The van der Waals surface area contributed by atoms with Crippen LogP contribution in [0.4, 0.5) is 0 Å². The van der Waals surface area contributed by atoms with Crippen molar-refractivity contribution in [2.75, 3.05) is 0 Å². The molecule has 0 amide bonds. The van der Waals surface area contributed by atoms with Gasteiger partial charge in [-0.3, -0.25) is 0 Å². The van der Waals surface area contributed by atoms with Gasteiger partial charge in [0.05, 0.1) is 0 Å². The molecule has 0 spiro atoms. The lowest BCUT2D eigenvalue weighted by Crippen LogP contribution is -1.85. The van der Waals surface area contributed by atoms with Gasteiger partial charge in [0.25, 0.3) is 0 Å². The highest BCUT2D eigenvalue weighted by atomic mass is 32.1. The summed E-state index contributed by atoms with van der Waals surface area (Å²) < 4.78 is 0. The topological polar surface area (TPSA) is 0 Å². The van der Waals surface area contributed by atoms with Crippen molar-refractivity contribution in [2.45, 2.75) is 26.2 Å². The van der Waals surface area contributed by atoms with E-state index in [1.54, 1.807) is 11.3 Å². The molecule has 0 fully saturated rings. The molecule has 0 saturated heterocycles. The summed E-state index contributed by atoms with van der Waals surface area (Å²) in [4.78, 5) is 4.03. The van der Waals surface area contributed by atoms with Crippen molar-refractivity contribution in [2.24, 2.45) is 0 Å². The third-order valence-electron chi connectivity index (χ3n) is 4.65. The average Bonchev–Trinajstić information content (AvgIpc) is 3.38. The monoisotopic (exact) mass is 374 g/mol. The quantitative estimate of drug-likeness (QED) is 0.319. The summed E-state index contributed by atoms with van der Waals surface area (Å²) >= 11 is 3.67. The second-order valence-corrected chi connectivity index (χ2v) is 8.55. The zero-order valence-corrected chi connectivity index (χ0v) is 16.6. The van der Waals surface area contributed by atoms with Gasteiger partial charge < -0.3 is 0 Å². The molecular weight excluding hydrogens is 352 g/mol. The Kier molecular flexibility index (Phi) is 5.33. The van der Waals surface area contributed by atoms with Crippen molar-refractivity contribution in [3.63, 3.8) is 0 Å². The van der Waals surface area contributed by atoms with E-state index in [0.717, 1.165) is 0 Å². The van der Waals surface area contributed by atoms with Crippen molar-refractivity contribution in [3.05, 3.63) is 83.7 Å². The first-order chi connectivity index (χ1) is 12.8. The van der Waals surface area contributed by atoms with Crippen LogP contribution >= 0.6 is 22.7 Å². The van der Waals surface area contributed by atoms with Gasteiger partial charge in [0.2, 0.25) is 0 Å². The molecule has 2 heterocycles. The second-order valence-electron chi connectivity index (χ2n) is 6.52. The summed E-state index contributed by atoms with van der Waals surface area (Å²) in [6.07, 6.45) is 3.70. The molecule has 0 radical (unpaired) electrons. The smallest absolute Gasteiger partial charge is 0.0449 e. The fourth-order valence-electron chi connectivity index (χ4n) is 3.12. The molecule has 130 valence electrons. The van der Waals surface area contributed by atoms with Gasteiger partial charge in [0.1, 0.15) is 0 Å². The van der Waals surface area contributed by atoms with Crippen LogP contribution in [0.2, 0.25) is 0 Å². The third kappa shape index (κ3) is 3.82. The van der Waals surface area contributed by atoms with Crippen molar-refractivity contribution >= 4 is 22.7 Å². The fourth-order valence-corrected chi connectivity index (χ4v) is 4.96. The minimum atomic E-state index is 1.18. The van der Waals surface area contributed by atoms with Crippen LogP contribution in [-0.2, 0) is 6.42 Å². The zero-order chi connectivity index (χ0) is 17.8. The number of rotatable bonds is 6. The third-order valence-corrected chi connectivity index (χ3v) is 6.85. The molecule has 26 heavy (non-hydrogen) atoms. The van der Waals surface area contributed by atoms with Crippen LogP contribution in [0.15, 0.2) is 78.2 Å². The number of benzene rings is 2. The molecule has 2 aromatic carbocycles. The van der Waals surface area contributed by atoms with E-state index in [9.17, 15) is 0 Å². The first-order valence-electron chi connectivity index (χ1n) is 9.17. The van der Waals surface area contributed by atoms with E-state index in [-0.39, 0.29) is 0 Å². The maximum atomic E-state index is 2.27. The highest BCUT2D eigenvalue weighted by molar-refractivity contribution is 7.23. The van der Waals surface area contributed by atoms with E-state index in [1.807, 2.05) is 11.3 Å². The van der Waals surface area contributed by atoms with Crippen molar-refractivity contribution in [3.8, 4) is 31.3 Å². The Morgan fingerprint density at radius 1 is 0.654 bits per heavy atom. The van der Waals surface area contributed by atoms with Gasteiger partial charge >= 0.3 is 0 Å². The van der Waals surface area contributed by atoms with Gasteiger partial charge in [-0.25, -0.2) is 0 Å². The summed E-state index contributed by atoms with van der Waals surface area (Å²) in [6, 6.07) is 26.8. The predicted molar refractivity (Wildman–Crippen MR) is 117 cm³/mol. The Morgan fingerprint density at radius 2 is 1.31 bits per heavy atom. The van der Waals surface area contributed by atoms with E-state index < -0.39 is 0 Å². The molecular formula is C24H22S2. The van der Waals surface area contributed by atoms with Crippen LogP contribution in [0.25, 0.3) is 31.3 Å². The zero-order valence-electron chi connectivity index (χ0n) is 14.9. The van der Waals surface area contributed by atoms with Gasteiger partial charge in [-0.05, 0) is 58.7 Å². The van der Waals surface area contributed by atoms with Crippen LogP contribution < -0.4 is 0 Å². The van der Waals surface area contributed by atoms with Crippen LogP contribution in [0.3, 0.4) is 0 Å². The van der Waals surface area contributed by atoms with Crippen LogP contribution in [0.1, 0.15) is 25.3 Å². The molecule has 0 aliphatic heterocycles. The second kappa shape index (κ2) is 8.03. The minimum Gasteiger partial charge on any atom is -0.143 e. The normalized spacial score (nSPS) is 11.0. The molecule has 0 nitrogen and oxygen atoms in total. The number of aryl methyl sites for hydroxylation is 1. The minimum absolute atomic E-state index is 1.18. The Balaban J connectivity index is 1.51. The van der Waals surface area contributed by atoms with Gasteiger partial charge in [-0.1, -0.05) is 67.9 Å². The number of unbranched alkanes of at least 4 members (excludes halogenated alkanes) is 1. The first-order valence-corrected chi connectivity index (χ1v) is 10.9. The van der Waals surface area contributed by atoms with Crippen molar-refractivity contribution in [1.29, 1.82) is 0 Å². The summed E-state index contributed by atoms with van der Waals surface area (Å²) in [5.41, 5.74) is 5.31. The Bertz CT molecular complexity index is 942. The van der Waals surface area contributed by atoms with E-state index in [1.165, 1.54) is 56.1 Å². The standard InChI is InChI=1S/C24H22S2/c1-2-3-5-18-7-9-19(10-8-18)20-11-13-21(14-12-20)22-15-16-24(26-22)23-6-4-17-25-23/h4,6-17H,2-3,5H2,1H3. The lowest BCUT2D eigenvalue weighted by Gasteiger charge is -2.05. The predicted octanol–water partition coefficient (Wildman–Crippen LogP) is 8.15. The maximum Gasteiger partial charge on any atom is 0.0449 e. The Hall–Kier alpha value is -2.16. The lowest BCUT2D eigenvalue weighted by atomic mass is 10.0. The Labute approximate surface area is 163 Å². The largest absolute Gasteiger partial charge is 0.143 e. The summed E-state index contributed by atoms with van der Waals surface area (Å²) in [6.45, 7) is 2.24. The van der Waals surface area contributed by atoms with E-state index in [4.69, 9.17) is 0 Å². The molecule has 0 bridgehead atoms. The fraction of sp³-hybridized carbons (Fsp3) is 0.167. The highest BCUT2D eigenvalue weighted by Gasteiger charge is 2.06. The molecule has 0 aliphatic rings.